The number of hydrogen-bond donors (Lipinski definition) is 4. The van der Waals surface area contributed by atoms with E-state index in [1.807, 2.05) is 24.3 Å². The molecule has 5 rings (SSSR count). The van der Waals surface area contributed by atoms with Crippen LogP contribution < -0.4 is 20.7 Å². The number of carbonyl (C=O) groups is 3. The molecule has 3 aromatic rings. The van der Waals surface area contributed by atoms with E-state index in [-0.39, 0.29) is 49.7 Å². The number of halogens is 3. The maximum Gasteiger partial charge on any atom is 0.249 e. The van der Waals surface area contributed by atoms with E-state index in [0.29, 0.717) is 36.6 Å². The normalized spacial score (nSPS) is 19.2. The average Bonchev–Trinajstić information content (AvgIpc) is 3.83. The molecule has 4 N–H and O–H groups in total. The minimum atomic E-state index is -1.21. The first-order valence-corrected chi connectivity index (χ1v) is 17.1. The molecule has 1 saturated heterocycles. The Morgan fingerprint density at radius 1 is 0.980 bits per heavy atom. The first-order valence-electron chi connectivity index (χ1n) is 17.1. The van der Waals surface area contributed by atoms with Crippen molar-refractivity contribution in [3.8, 4) is 5.75 Å². The van der Waals surface area contributed by atoms with Crippen molar-refractivity contribution in [2.45, 2.75) is 82.1 Å². The molecule has 3 aromatic carbocycles. The van der Waals surface area contributed by atoms with Crippen LogP contribution in [0.5, 0.6) is 5.75 Å². The van der Waals surface area contributed by atoms with Crippen LogP contribution in [0, 0.1) is 23.4 Å². The fourth-order valence-electron chi connectivity index (χ4n) is 6.86. The van der Waals surface area contributed by atoms with Crippen molar-refractivity contribution in [1.82, 2.24) is 20.9 Å². The van der Waals surface area contributed by atoms with E-state index in [9.17, 15) is 32.7 Å². The van der Waals surface area contributed by atoms with Crippen molar-refractivity contribution < 1.29 is 37.4 Å². The summed E-state index contributed by atoms with van der Waals surface area (Å²) in [6.45, 7) is 1.96. The predicted molar refractivity (Wildman–Crippen MR) is 181 cm³/mol. The summed E-state index contributed by atoms with van der Waals surface area (Å²) in [7, 11) is 1.56. The number of methoxy groups -OCH3 is 1. The third kappa shape index (κ3) is 9.85. The van der Waals surface area contributed by atoms with Crippen molar-refractivity contribution in [2.75, 3.05) is 20.2 Å². The van der Waals surface area contributed by atoms with Gasteiger partial charge < -0.3 is 30.7 Å². The van der Waals surface area contributed by atoms with E-state index in [0.717, 1.165) is 36.6 Å². The SMILES string of the molecule is COc1cccc(CNC[C@@H](O)[C@H](Cc2cc(F)cc(F)c2)NC(=O)[C@H](CCc2cccc(F)c2)N2CC[C@@](CC3CC3)(NC(C)=O)C2=O)c1. The molecule has 4 atom stereocenters. The largest absolute Gasteiger partial charge is 0.497 e. The summed E-state index contributed by atoms with van der Waals surface area (Å²) in [5, 5.41) is 20.3. The highest BCUT2D eigenvalue weighted by Crippen LogP contribution is 2.41. The molecule has 0 bridgehead atoms. The summed E-state index contributed by atoms with van der Waals surface area (Å²) >= 11 is 0. The lowest BCUT2D eigenvalue weighted by Gasteiger charge is -2.33. The van der Waals surface area contributed by atoms with Crippen LogP contribution in [-0.2, 0) is 33.8 Å². The van der Waals surface area contributed by atoms with E-state index in [1.54, 1.807) is 19.2 Å². The summed E-state index contributed by atoms with van der Waals surface area (Å²) in [5.74, 6) is -2.32. The second-order valence-corrected chi connectivity index (χ2v) is 13.5. The topological polar surface area (TPSA) is 120 Å². The monoisotopic (exact) mass is 694 g/mol. The van der Waals surface area contributed by atoms with Gasteiger partial charge in [-0.05, 0) is 91.1 Å². The van der Waals surface area contributed by atoms with Gasteiger partial charge in [0, 0.05) is 32.6 Å². The molecule has 1 heterocycles. The van der Waals surface area contributed by atoms with Crippen LogP contribution in [0.25, 0.3) is 0 Å². The first-order chi connectivity index (χ1) is 23.9. The van der Waals surface area contributed by atoms with E-state index < -0.39 is 47.1 Å². The van der Waals surface area contributed by atoms with Gasteiger partial charge in [-0.15, -0.1) is 0 Å². The summed E-state index contributed by atoms with van der Waals surface area (Å²) in [5.41, 5.74) is 0.617. The second-order valence-electron chi connectivity index (χ2n) is 13.5. The average molecular weight is 695 g/mol. The standard InChI is InChI=1S/C38H45F3N4O5/c1-24(46)44-38(21-26-9-10-26)13-14-45(37(38)49)34(12-11-25-5-3-7-29(39)15-25)36(48)43-33(19-28-16-30(40)20-31(41)17-28)35(47)23-42-22-27-6-4-8-32(18-27)50-2/h3-8,15-18,20,26,33-35,42,47H,9-14,19,21-23H2,1-2H3,(H,43,48)(H,44,46)/t33-,34-,35+,38-/m0/s1. The first kappa shape index (κ1) is 36.9. The zero-order valence-corrected chi connectivity index (χ0v) is 28.4. The number of amides is 3. The quantitative estimate of drug-likeness (QED) is 0.168. The molecule has 12 heteroatoms. The molecule has 268 valence electrons. The Morgan fingerprint density at radius 2 is 1.68 bits per heavy atom. The molecule has 50 heavy (non-hydrogen) atoms. The number of carbonyl (C=O) groups excluding carboxylic acids is 3. The van der Waals surface area contributed by atoms with Crippen LogP contribution in [0.3, 0.4) is 0 Å². The molecular formula is C38H45F3N4O5. The number of likely N-dealkylation sites (tertiary alicyclic amines) is 1. The number of benzene rings is 3. The molecule has 0 spiro atoms. The van der Waals surface area contributed by atoms with Crippen LogP contribution in [0.1, 0.15) is 55.7 Å². The number of aryl methyl sites for hydroxylation is 1. The Labute approximate surface area is 290 Å². The van der Waals surface area contributed by atoms with Gasteiger partial charge in [-0.1, -0.05) is 37.1 Å². The summed E-state index contributed by atoms with van der Waals surface area (Å²) in [6, 6.07) is 14.3. The predicted octanol–water partition coefficient (Wildman–Crippen LogP) is 4.20. The Hall–Kier alpha value is -4.42. The van der Waals surface area contributed by atoms with Gasteiger partial charge in [0.2, 0.25) is 17.7 Å². The van der Waals surface area contributed by atoms with E-state index in [1.165, 1.54) is 24.0 Å². The van der Waals surface area contributed by atoms with E-state index >= 15 is 0 Å². The van der Waals surface area contributed by atoms with Crippen molar-refractivity contribution >= 4 is 17.7 Å². The van der Waals surface area contributed by atoms with Gasteiger partial charge in [0.1, 0.15) is 34.8 Å². The Kier molecular flexibility index (Phi) is 12.2. The minimum Gasteiger partial charge on any atom is -0.497 e. The van der Waals surface area contributed by atoms with Crippen LogP contribution in [-0.4, -0.2) is 71.7 Å². The lowest BCUT2D eigenvalue weighted by Crippen LogP contribution is -2.59. The van der Waals surface area contributed by atoms with E-state index in [2.05, 4.69) is 16.0 Å². The van der Waals surface area contributed by atoms with Gasteiger partial charge >= 0.3 is 0 Å². The Balaban J connectivity index is 1.38. The molecular weight excluding hydrogens is 649 g/mol. The van der Waals surface area contributed by atoms with E-state index in [4.69, 9.17) is 4.74 Å². The molecule has 2 aliphatic rings. The lowest BCUT2D eigenvalue weighted by atomic mass is 9.90. The van der Waals surface area contributed by atoms with Crippen molar-refractivity contribution in [3.63, 3.8) is 0 Å². The molecule has 0 unspecified atom stereocenters. The fourth-order valence-corrected chi connectivity index (χ4v) is 6.86. The lowest BCUT2D eigenvalue weighted by molar-refractivity contribution is -0.143. The number of ether oxygens (including phenoxy) is 1. The van der Waals surface area contributed by atoms with Crippen LogP contribution >= 0.6 is 0 Å². The third-order valence-electron chi connectivity index (χ3n) is 9.46. The molecule has 1 aliphatic carbocycles. The maximum atomic E-state index is 14.3. The van der Waals surface area contributed by atoms with Crippen LogP contribution in [0.15, 0.2) is 66.7 Å². The highest BCUT2D eigenvalue weighted by molar-refractivity contribution is 5.96. The highest BCUT2D eigenvalue weighted by atomic mass is 19.1. The Morgan fingerprint density at radius 3 is 2.36 bits per heavy atom. The smallest absolute Gasteiger partial charge is 0.249 e. The molecule has 9 nitrogen and oxygen atoms in total. The summed E-state index contributed by atoms with van der Waals surface area (Å²) < 4.78 is 47.7. The van der Waals surface area contributed by atoms with Crippen molar-refractivity contribution in [1.29, 1.82) is 0 Å². The zero-order chi connectivity index (χ0) is 35.8. The molecule has 1 aliphatic heterocycles. The zero-order valence-electron chi connectivity index (χ0n) is 28.4. The number of hydrogen-bond acceptors (Lipinski definition) is 6. The molecule has 0 radical (unpaired) electrons. The molecule has 3 amide bonds. The van der Waals surface area contributed by atoms with Gasteiger partial charge in [0.15, 0.2) is 0 Å². The molecule has 1 saturated carbocycles. The van der Waals surface area contributed by atoms with Crippen molar-refractivity contribution in [2.24, 2.45) is 5.92 Å². The van der Waals surface area contributed by atoms with Gasteiger partial charge in [-0.25, -0.2) is 13.2 Å². The third-order valence-corrected chi connectivity index (χ3v) is 9.46. The van der Waals surface area contributed by atoms with Crippen LogP contribution in [0.4, 0.5) is 13.2 Å². The Bertz CT molecular complexity index is 1650. The van der Waals surface area contributed by atoms with Crippen molar-refractivity contribution in [3.05, 3.63) is 101 Å². The number of aliphatic hydroxyl groups is 1. The number of nitrogens with zero attached hydrogens (tertiary/aromatic N) is 1. The van der Waals surface area contributed by atoms with Gasteiger partial charge in [-0.2, -0.15) is 0 Å². The minimum absolute atomic E-state index is 0.0174. The fraction of sp³-hybridized carbons (Fsp3) is 0.447. The molecule has 0 aromatic heterocycles. The number of nitrogens with one attached hydrogen (secondary N) is 3. The van der Waals surface area contributed by atoms with Crippen LogP contribution in [0.2, 0.25) is 0 Å². The summed E-state index contributed by atoms with van der Waals surface area (Å²) in [4.78, 5) is 42.2. The van der Waals surface area contributed by atoms with Gasteiger partial charge in [0.05, 0.1) is 19.3 Å². The highest BCUT2D eigenvalue weighted by Gasteiger charge is 2.52. The number of rotatable bonds is 17. The maximum absolute atomic E-state index is 14.3. The summed E-state index contributed by atoms with van der Waals surface area (Å²) in [6.07, 6.45) is 1.81. The second kappa shape index (κ2) is 16.5. The molecule has 2 fully saturated rings. The number of aliphatic hydroxyl groups excluding tert-OH is 1. The van der Waals surface area contributed by atoms with Gasteiger partial charge in [0.25, 0.3) is 0 Å². The van der Waals surface area contributed by atoms with Gasteiger partial charge in [-0.3, -0.25) is 14.4 Å².